The number of hydrogen-bond acceptors (Lipinski definition) is 2. The van der Waals surface area contributed by atoms with Crippen LogP contribution in [-0.4, -0.2) is 19.3 Å². The molecule has 1 aliphatic carbocycles. The minimum atomic E-state index is -0.950. The lowest BCUT2D eigenvalue weighted by molar-refractivity contribution is -0.136. The van der Waals surface area contributed by atoms with Crippen LogP contribution in [0.2, 0.25) is 0 Å². The number of esters is 1. The number of alkyl halides is 1. The van der Waals surface area contributed by atoms with Gasteiger partial charge < -0.3 is 4.74 Å². The van der Waals surface area contributed by atoms with Crippen LogP contribution in [0.4, 0.5) is 4.39 Å². The first-order chi connectivity index (χ1) is 4.74. The Morgan fingerprint density at radius 1 is 1.90 bits per heavy atom. The third-order valence-electron chi connectivity index (χ3n) is 1.52. The molecule has 56 valence electrons. The molecule has 0 bridgehead atoms. The Morgan fingerprint density at radius 3 is 3.00 bits per heavy atom. The van der Waals surface area contributed by atoms with Crippen LogP contribution in [0.1, 0.15) is 12.8 Å². The predicted molar refractivity (Wildman–Crippen MR) is 34.2 cm³/mol. The fourth-order valence-electron chi connectivity index (χ4n) is 0.980. The van der Waals surface area contributed by atoms with Crippen molar-refractivity contribution in [1.29, 1.82) is 0 Å². The van der Waals surface area contributed by atoms with Gasteiger partial charge in [-0.25, -0.2) is 9.18 Å². The minimum Gasteiger partial charge on any atom is -0.466 e. The summed E-state index contributed by atoms with van der Waals surface area (Å²) in [5.41, 5.74) is 0.468. The van der Waals surface area contributed by atoms with Crippen molar-refractivity contribution in [3.63, 3.8) is 0 Å². The number of halogens is 1. The maximum atomic E-state index is 12.4. The van der Waals surface area contributed by atoms with Crippen LogP contribution in [0, 0.1) is 0 Å². The number of carbonyl (C=O) groups excluding carboxylic acids is 1. The van der Waals surface area contributed by atoms with Crippen molar-refractivity contribution in [3.8, 4) is 0 Å². The number of carbonyl (C=O) groups is 1. The molecule has 1 aliphatic rings. The lowest BCUT2D eigenvalue weighted by Gasteiger charge is -1.95. The fourth-order valence-corrected chi connectivity index (χ4v) is 0.980. The van der Waals surface area contributed by atoms with Gasteiger partial charge in [-0.2, -0.15) is 0 Å². The van der Waals surface area contributed by atoms with Crippen LogP contribution in [0.25, 0.3) is 0 Å². The van der Waals surface area contributed by atoms with Gasteiger partial charge in [0.15, 0.2) is 0 Å². The van der Waals surface area contributed by atoms with E-state index in [2.05, 4.69) is 4.74 Å². The van der Waals surface area contributed by atoms with E-state index in [1.165, 1.54) is 13.2 Å². The van der Waals surface area contributed by atoms with Gasteiger partial charge in [0.05, 0.1) is 7.11 Å². The molecule has 0 aromatic rings. The van der Waals surface area contributed by atoms with Crippen LogP contribution >= 0.6 is 0 Å². The van der Waals surface area contributed by atoms with Crippen LogP contribution in [0.3, 0.4) is 0 Å². The SMILES string of the molecule is COC(=O)C1=CC(F)CC1. The monoisotopic (exact) mass is 144 g/mol. The van der Waals surface area contributed by atoms with Crippen molar-refractivity contribution in [2.45, 2.75) is 19.0 Å². The summed E-state index contributed by atoms with van der Waals surface area (Å²) in [5.74, 6) is -0.403. The lowest BCUT2D eigenvalue weighted by Crippen LogP contribution is -2.01. The molecule has 3 heteroatoms. The first-order valence-electron chi connectivity index (χ1n) is 3.17. The van der Waals surface area contributed by atoms with Crippen LogP contribution in [0.15, 0.2) is 11.6 Å². The Labute approximate surface area is 58.7 Å². The fraction of sp³-hybridized carbons (Fsp3) is 0.571. The van der Waals surface area contributed by atoms with Gasteiger partial charge in [0, 0.05) is 5.57 Å². The molecule has 1 atom stereocenters. The third-order valence-corrected chi connectivity index (χ3v) is 1.52. The van der Waals surface area contributed by atoms with Gasteiger partial charge in [-0.1, -0.05) is 0 Å². The number of allylic oxidation sites excluding steroid dienone is 1. The smallest absolute Gasteiger partial charge is 0.333 e. The molecule has 10 heavy (non-hydrogen) atoms. The Hall–Kier alpha value is -0.860. The quantitative estimate of drug-likeness (QED) is 0.517. The highest BCUT2D eigenvalue weighted by Crippen LogP contribution is 2.21. The van der Waals surface area contributed by atoms with Gasteiger partial charge in [0.25, 0.3) is 0 Å². The normalized spacial score (nSPS) is 24.2. The van der Waals surface area contributed by atoms with Gasteiger partial charge >= 0.3 is 5.97 Å². The number of rotatable bonds is 1. The molecule has 0 saturated heterocycles. The first-order valence-corrected chi connectivity index (χ1v) is 3.17. The molecule has 0 radical (unpaired) electrons. The Bertz CT molecular complexity index is 174. The molecule has 0 heterocycles. The lowest BCUT2D eigenvalue weighted by atomic mass is 10.2. The summed E-state index contributed by atoms with van der Waals surface area (Å²) in [7, 11) is 1.30. The average Bonchev–Trinajstić information content (AvgIpc) is 2.34. The molecule has 0 N–H and O–H groups in total. The van der Waals surface area contributed by atoms with Crippen LogP contribution in [0.5, 0.6) is 0 Å². The summed E-state index contributed by atoms with van der Waals surface area (Å²) in [4.78, 5) is 10.7. The molecule has 0 amide bonds. The maximum absolute atomic E-state index is 12.4. The van der Waals surface area contributed by atoms with Gasteiger partial charge in [-0.05, 0) is 18.9 Å². The van der Waals surface area contributed by atoms with E-state index in [1.54, 1.807) is 0 Å². The van der Waals surface area contributed by atoms with E-state index in [4.69, 9.17) is 0 Å². The van der Waals surface area contributed by atoms with Crippen LogP contribution < -0.4 is 0 Å². The number of hydrogen-bond donors (Lipinski definition) is 0. The molecule has 0 aromatic heterocycles. The van der Waals surface area contributed by atoms with Gasteiger partial charge in [-0.3, -0.25) is 0 Å². The zero-order valence-corrected chi connectivity index (χ0v) is 5.76. The van der Waals surface area contributed by atoms with Crippen molar-refractivity contribution in [3.05, 3.63) is 11.6 Å². The van der Waals surface area contributed by atoms with Crippen molar-refractivity contribution in [1.82, 2.24) is 0 Å². The summed E-state index contributed by atoms with van der Waals surface area (Å²) < 4.78 is 16.8. The van der Waals surface area contributed by atoms with E-state index >= 15 is 0 Å². The highest BCUT2D eigenvalue weighted by atomic mass is 19.1. The molecule has 0 aliphatic heterocycles. The third kappa shape index (κ3) is 1.35. The van der Waals surface area contributed by atoms with E-state index in [-0.39, 0.29) is 0 Å². The van der Waals surface area contributed by atoms with Crippen molar-refractivity contribution in [2.75, 3.05) is 7.11 Å². The molecular weight excluding hydrogens is 135 g/mol. The summed E-state index contributed by atoms with van der Waals surface area (Å²) >= 11 is 0. The molecule has 2 nitrogen and oxygen atoms in total. The second-order valence-corrected chi connectivity index (χ2v) is 2.24. The molecule has 0 fully saturated rings. The zero-order valence-electron chi connectivity index (χ0n) is 5.76. The predicted octanol–water partition coefficient (Wildman–Crippen LogP) is 1.22. The molecule has 0 aromatic carbocycles. The van der Waals surface area contributed by atoms with E-state index in [9.17, 15) is 9.18 Å². The molecule has 1 unspecified atom stereocenters. The highest BCUT2D eigenvalue weighted by Gasteiger charge is 2.19. The largest absolute Gasteiger partial charge is 0.466 e. The molecule has 1 rings (SSSR count). The molecule has 0 saturated carbocycles. The van der Waals surface area contributed by atoms with Crippen molar-refractivity contribution >= 4 is 5.97 Å². The van der Waals surface area contributed by atoms with E-state index in [0.29, 0.717) is 18.4 Å². The minimum absolute atomic E-state index is 0.403. The maximum Gasteiger partial charge on any atom is 0.333 e. The van der Waals surface area contributed by atoms with Crippen LogP contribution in [-0.2, 0) is 9.53 Å². The molecule has 0 spiro atoms. The number of ether oxygens (including phenoxy) is 1. The Kier molecular flexibility index (Phi) is 2.04. The summed E-state index contributed by atoms with van der Waals surface area (Å²) in [6.07, 6.45) is 1.30. The summed E-state index contributed by atoms with van der Waals surface area (Å²) in [5, 5.41) is 0. The zero-order chi connectivity index (χ0) is 7.56. The van der Waals surface area contributed by atoms with Gasteiger partial charge in [0.2, 0.25) is 0 Å². The second kappa shape index (κ2) is 2.82. The summed E-state index contributed by atoms with van der Waals surface area (Å²) in [6, 6.07) is 0. The number of methoxy groups -OCH3 is 1. The van der Waals surface area contributed by atoms with Crippen molar-refractivity contribution in [2.24, 2.45) is 0 Å². The van der Waals surface area contributed by atoms with Gasteiger partial charge in [-0.15, -0.1) is 0 Å². The first kappa shape index (κ1) is 7.25. The summed E-state index contributed by atoms with van der Waals surface area (Å²) in [6.45, 7) is 0. The Balaban J connectivity index is 2.57. The second-order valence-electron chi connectivity index (χ2n) is 2.24. The van der Waals surface area contributed by atoms with Crippen molar-refractivity contribution < 1.29 is 13.9 Å². The van der Waals surface area contributed by atoms with E-state index < -0.39 is 12.1 Å². The van der Waals surface area contributed by atoms with Gasteiger partial charge in [0.1, 0.15) is 6.17 Å². The topological polar surface area (TPSA) is 26.3 Å². The molecular formula is C7H9FO2. The van der Waals surface area contributed by atoms with E-state index in [1.807, 2.05) is 0 Å². The highest BCUT2D eigenvalue weighted by molar-refractivity contribution is 5.88. The average molecular weight is 144 g/mol. The standard InChI is InChI=1S/C7H9FO2/c1-10-7(9)5-2-3-6(8)4-5/h4,6H,2-3H2,1H3. The Morgan fingerprint density at radius 2 is 2.60 bits per heavy atom. The van der Waals surface area contributed by atoms with E-state index in [0.717, 1.165) is 0 Å².